The third kappa shape index (κ3) is 3.72. The molecule has 21 heavy (non-hydrogen) atoms. The largest absolute Gasteiger partial charge is 0.370 e. The summed E-state index contributed by atoms with van der Waals surface area (Å²) in [6.07, 6.45) is 1.64. The molecular weight excluding hydrogens is 260 g/mol. The molecule has 2 rings (SSSR count). The number of rotatable bonds is 6. The molecule has 1 aromatic heterocycles. The molecule has 0 fully saturated rings. The van der Waals surface area contributed by atoms with E-state index in [0.29, 0.717) is 6.04 Å². The molecule has 0 aliphatic heterocycles. The highest BCUT2D eigenvalue weighted by Gasteiger charge is 2.17. The maximum Gasteiger partial charge on any atom is 0.137 e. The summed E-state index contributed by atoms with van der Waals surface area (Å²) in [7, 11) is 0. The molecule has 0 unspecified atom stereocenters. The van der Waals surface area contributed by atoms with Gasteiger partial charge in [0.25, 0.3) is 0 Å². The number of hydrogen-bond donors (Lipinski definition) is 1. The van der Waals surface area contributed by atoms with Crippen LogP contribution in [0.25, 0.3) is 0 Å². The van der Waals surface area contributed by atoms with Crippen molar-refractivity contribution in [1.82, 2.24) is 9.97 Å². The second kappa shape index (κ2) is 7.07. The van der Waals surface area contributed by atoms with Gasteiger partial charge in [0.05, 0.1) is 0 Å². The first-order valence-corrected chi connectivity index (χ1v) is 7.49. The van der Waals surface area contributed by atoms with Crippen LogP contribution >= 0.6 is 0 Å². The van der Waals surface area contributed by atoms with E-state index in [1.807, 2.05) is 6.07 Å². The Balaban J connectivity index is 2.32. The van der Waals surface area contributed by atoms with Crippen molar-refractivity contribution in [3.63, 3.8) is 0 Å². The van der Waals surface area contributed by atoms with Crippen LogP contribution in [0.15, 0.2) is 36.7 Å². The van der Waals surface area contributed by atoms with Crippen LogP contribution < -0.4 is 10.2 Å². The second-order valence-corrected chi connectivity index (χ2v) is 5.41. The molecule has 0 aliphatic carbocycles. The first-order valence-electron chi connectivity index (χ1n) is 7.49. The van der Waals surface area contributed by atoms with Crippen LogP contribution in [-0.2, 0) is 6.54 Å². The van der Waals surface area contributed by atoms with Crippen molar-refractivity contribution in [3.8, 4) is 0 Å². The van der Waals surface area contributed by atoms with Gasteiger partial charge in [0.1, 0.15) is 18.0 Å². The lowest BCUT2D eigenvalue weighted by Gasteiger charge is -2.29. The molecule has 0 saturated heterocycles. The quantitative estimate of drug-likeness (QED) is 0.879. The van der Waals surface area contributed by atoms with E-state index < -0.39 is 0 Å². The lowest BCUT2D eigenvalue weighted by molar-refractivity contribution is 0.669. The highest BCUT2D eigenvalue weighted by atomic mass is 15.2. The van der Waals surface area contributed by atoms with Gasteiger partial charge < -0.3 is 10.2 Å². The van der Waals surface area contributed by atoms with E-state index in [9.17, 15) is 0 Å². The number of aromatic nitrogens is 2. The van der Waals surface area contributed by atoms with Gasteiger partial charge in [-0.1, -0.05) is 30.3 Å². The molecule has 4 nitrogen and oxygen atoms in total. The van der Waals surface area contributed by atoms with Gasteiger partial charge >= 0.3 is 0 Å². The van der Waals surface area contributed by atoms with Crippen LogP contribution in [0.1, 0.15) is 31.9 Å². The Bertz CT molecular complexity index is 566. The van der Waals surface area contributed by atoms with Crippen LogP contribution in [0, 0.1) is 6.92 Å². The van der Waals surface area contributed by atoms with Gasteiger partial charge in [0, 0.05) is 24.7 Å². The molecule has 1 heterocycles. The molecule has 1 aromatic carbocycles. The first-order chi connectivity index (χ1) is 10.1. The van der Waals surface area contributed by atoms with E-state index in [-0.39, 0.29) is 0 Å². The van der Waals surface area contributed by atoms with Crippen LogP contribution in [0.2, 0.25) is 0 Å². The molecular formula is C17H24N4. The van der Waals surface area contributed by atoms with E-state index >= 15 is 0 Å². The Labute approximate surface area is 127 Å². The first kappa shape index (κ1) is 15.3. The van der Waals surface area contributed by atoms with E-state index in [1.165, 1.54) is 5.56 Å². The molecule has 1 N–H and O–H groups in total. The summed E-state index contributed by atoms with van der Waals surface area (Å²) < 4.78 is 0. The summed E-state index contributed by atoms with van der Waals surface area (Å²) >= 11 is 0. The van der Waals surface area contributed by atoms with Crippen molar-refractivity contribution >= 4 is 11.6 Å². The van der Waals surface area contributed by atoms with Crippen molar-refractivity contribution in [2.24, 2.45) is 0 Å². The van der Waals surface area contributed by atoms with Crippen molar-refractivity contribution in [2.45, 2.75) is 40.3 Å². The zero-order valence-corrected chi connectivity index (χ0v) is 13.3. The summed E-state index contributed by atoms with van der Waals surface area (Å²) in [4.78, 5) is 11.2. The second-order valence-electron chi connectivity index (χ2n) is 5.41. The third-order valence-electron chi connectivity index (χ3n) is 3.49. The van der Waals surface area contributed by atoms with Crippen LogP contribution in [0.4, 0.5) is 11.6 Å². The van der Waals surface area contributed by atoms with Gasteiger partial charge in [-0.3, -0.25) is 0 Å². The van der Waals surface area contributed by atoms with Gasteiger partial charge in [-0.15, -0.1) is 0 Å². The summed E-state index contributed by atoms with van der Waals surface area (Å²) in [6.45, 7) is 10.2. The molecule has 0 spiro atoms. The lowest BCUT2D eigenvalue weighted by atomic mass is 10.1. The highest BCUT2D eigenvalue weighted by molar-refractivity contribution is 5.58. The minimum absolute atomic E-state index is 0.369. The maximum atomic E-state index is 4.51. The van der Waals surface area contributed by atoms with E-state index in [0.717, 1.165) is 30.3 Å². The zero-order chi connectivity index (χ0) is 15.2. The fourth-order valence-corrected chi connectivity index (χ4v) is 2.36. The van der Waals surface area contributed by atoms with E-state index in [4.69, 9.17) is 0 Å². The predicted molar refractivity (Wildman–Crippen MR) is 88.7 cm³/mol. The van der Waals surface area contributed by atoms with Crippen LogP contribution in [0.5, 0.6) is 0 Å². The smallest absolute Gasteiger partial charge is 0.137 e. The minimum atomic E-state index is 0.369. The van der Waals surface area contributed by atoms with Crippen molar-refractivity contribution < 1.29 is 0 Å². The Kier molecular flexibility index (Phi) is 5.14. The fraction of sp³-hybridized carbons (Fsp3) is 0.412. The van der Waals surface area contributed by atoms with Gasteiger partial charge in [0.2, 0.25) is 0 Å². The topological polar surface area (TPSA) is 41.1 Å². The SMILES string of the molecule is CCNc1ncnc(N(Cc2ccccc2)C(C)C)c1C. The number of benzene rings is 1. The summed E-state index contributed by atoms with van der Waals surface area (Å²) in [5.41, 5.74) is 2.39. The molecule has 4 heteroatoms. The summed E-state index contributed by atoms with van der Waals surface area (Å²) in [5.74, 6) is 1.92. The monoisotopic (exact) mass is 284 g/mol. The Morgan fingerprint density at radius 3 is 2.48 bits per heavy atom. The fourth-order valence-electron chi connectivity index (χ4n) is 2.36. The number of nitrogens with zero attached hydrogens (tertiary/aromatic N) is 3. The van der Waals surface area contributed by atoms with Gasteiger partial charge in [-0.25, -0.2) is 9.97 Å². The van der Waals surface area contributed by atoms with Crippen molar-refractivity contribution in [1.29, 1.82) is 0 Å². The third-order valence-corrected chi connectivity index (χ3v) is 3.49. The van der Waals surface area contributed by atoms with E-state index in [1.54, 1.807) is 6.33 Å². The van der Waals surface area contributed by atoms with Gasteiger partial charge in [-0.2, -0.15) is 0 Å². The van der Waals surface area contributed by atoms with Crippen LogP contribution in [-0.4, -0.2) is 22.6 Å². The summed E-state index contributed by atoms with van der Waals surface area (Å²) in [6, 6.07) is 10.9. The molecule has 0 bridgehead atoms. The molecule has 0 atom stereocenters. The van der Waals surface area contributed by atoms with Gasteiger partial charge in [0.15, 0.2) is 0 Å². The Morgan fingerprint density at radius 1 is 1.14 bits per heavy atom. The lowest BCUT2D eigenvalue weighted by Crippen LogP contribution is -2.32. The average molecular weight is 284 g/mol. The number of nitrogens with one attached hydrogen (secondary N) is 1. The van der Waals surface area contributed by atoms with Gasteiger partial charge in [-0.05, 0) is 33.3 Å². The standard InChI is InChI=1S/C17H24N4/c1-5-18-16-14(4)17(20-12-19-16)21(13(2)3)11-15-9-7-6-8-10-15/h6-10,12-13H,5,11H2,1-4H3,(H,18,19,20). The number of anilines is 2. The Morgan fingerprint density at radius 2 is 1.86 bits per heavy atom. The maximum absolute atomic E-state index is 4.51. The summed E-state index contributed by atoms with van der Waals surface area (Å²) in [5, 5.41) is 3.30. The molecule has 0 radical (unpaired) electrons. The molecule has 112 valence electrons. The van der Waals surface area contributed by atoms with E-state index in [2.05, 4.69) is 72.1 Å². The molecule has 0 saturated carbocycles. The normalized spacial score (nSPS) is 10.7. The van der Waals surface area contributed by atoms with Crippen LogP contribution in [0.3, 0.4) is 0 Å². The molecule has 2 aromatic rings. The molecule has 0 aliphatic rings. The predicted octanol–water partition coefficient (Wildman–Crippen LogP) is 3.63. The highest BCUT2D eigenvalue weighted by Crippen LogP contribution is 2.25. The minimum Gasteiger partial charge on any atom is -0.370 e. The van der Waals surface area contributed by atoms with Crippen molar-refractivity contribution in [2.75, 3.05) is 16.8 Å². The Hall–Kier alpha value is -2.10. The number of hydrogen-bond acceptors (Lipinski definition) is 4. The average Bonchev–Trinajstić information content (AvgIpc) is 2.48. The van der Waals surface area contributed by atoms with Crippen molar-refractivity contribution in [3.05, 3.63) is 47.8 Å². The zero-order valence-electron chi connectivity index (χ0n) is 13.3. The molecule has 0 amide bonds.